The Bertz CT molecular complexity index is 939. The molecule has 1 aliphatic heterocycles. The Kier molecular flexibility index (Phi) is 5.98. The summed E-state index contributed by atoms with van der Waals surface area (Å²) >= 11 is 6.27. The first-order valence-electron chi connectivity index (χ1n) is 9.31. The van der Waals surface area contributed by atoms with Crippen molar-refractivity contribution in [3.8, 4) is 11.5 Å². The molecule has 1 aliphatic rings. The van der Waals surface area contributed by atoms with Crippen LogP contribution in [0.5, 0.6) is 11.5 Å². The standard InChI is InChI=1S/C23H20ClNO4/c24-18-13-20-21(28-12-11-27-20)14-19(18)25-22(26)15-29-23(16-7-3-1-4-8-16)17-9-5-2-6-10-17/h1-10,13-14,23H,11-12,15H2,(H,25,26). The van der Waals surface area contributed by atoms with Gasteiger partial charge in [0.1, 0.15) is 25.9 Å². The van der Waals surface area contributed by atoms with Crippen molar-refractivity contribution in [1.29, 1.82) is 0 Å². The van der Waals surface area contributed by atoms with E-state index in [-0.39, 0.29) is 18.6 Å². The molecule has 0 aliphatic carbocycles. The van der Waals surface area contributed by atoms with Crippen LogP contribution in [-0.4, -0.2) is 25.7 Å². The van der Waals surface area contributed by atoms with Crippen LogP contribution in [0, 0.1) is 0 Å². The van der Waals surface area contributed by atoms with Gasteiger partial charge < -0.3 is 19.5 Å². The Hall–Kier alpha value is -3.02. The Morgan fingerprint density at radius 3 is 2.07 bits per heavy atom. The molecule has 1 amide bonds. The lowest BCUT2D eigenvalue weighted by atomic mass is 10.0. The predicted octanol–water partition coefficient (Wildman–Crippen LogP) is 4.86. The van der Waals surface area contributed by atoms with E-state index in [0.717, 1.165) is 11.1 Å². The van der Waals surface area contributed by atoms with Crippen molar-refractivity contribution in [2.45, 2.75) is 6.10 Å². The number of nitrogens with one attached hydrogen (secondary N) is 1. The first-order chi connectivity index (χ1) is 14.2. The zero-order chi connectivity index (χ0) is 20.1. The Labute approximate surface area is 174 Å². The second kappa shape index (κ2) is 8.99. The molecule has 0 radical (unpaired) electrons. The van der Waals surface area contributed by atoms with E-state index in [9.17, 15) is 4.79 Å². The van der Waals surface area contributed by atoms with E-state index in [1.807, 2.05) is 60.7 Å². The lowest BCUT2D eigenvalue weighted by molar-refractivity contribution is -0.121. The molecule has 1 N–H and O–H groups in total. The van der Waals surface area contributed by atoms with Gasteiger partial charge >= 0.3 is 0 Å². The summed E-state index contributed by atoms with van der Waals surface area (Å²) in [5.74, 6) is 0.826. The zero-order valence-electron chi connectivity index (χ0n) is 15.6. The molecule has 0 unspecified atom stereocenters. The van der Waals surface area contributed by atoms with E-state index >= 15 is 0 Å². The summed E-state index contributed by atoms with van der Waals surface area (Å²) in [4.78, 5) is 12.5. The van der Waals surface area contributed by atoms with Gasteiger partial charge in [-0.3, -0.25) is 4.79 Å². The average molecular weight is 410 g/mol. The number of ether oxygens (including phenoxy) is 3. The van der Waals surface area contributed by atoms with Crippen LogP contribution in [0.25, 0.3) is 0 Å². The molecular weight excluding hydrogens is 390 g/mol. The average Bonchev–Trinajstić information content (AvgIpc) is 2.76. The third-order valence-electron chi connectivity index (χ3n) is 4.49. The number of anilines is 1. The molecule has 0 spiro atoms. The highest BCUT2D eigenvalue weighted by atomic mass is 35.5. The third-order valence-corrected chi connectivity index (χ3v) is 4.80. The molecule has 148 valence electrons. The largest absolute Gasteiger partial charge is 0.486 e. The second-order valence-electron chi connectivity index (χ2n) is 6.54. The first kappa shape index (κ1) is 19.3. The van der Waals surface area contributed by atoms with Crippen LogP contribution in [0.1, 0.15) is 17.2 Å². The number of rotatable bonds is 6. The van der Waals surface area contributed by atoms with Gasteiger partial charge in [-0.05, 0) is 11.1 Å². The monoisotopic (exact) mass is 409 g/mol. The minimum atomic E-state index is -0.348. The number of carbonyl (C=O) groups excluding carboxylic acids is 1. The first-order valence-corrected chi connectivity index (χ1v) is 9.69. The summed E-state index contributed by atoms with van der Waals surface area (Å²) < 4.78 is 17.0. The topological polar surface area (TPSA) is 56.8 Å². The predicted molar refractivity (Wildman–Crippen MR) is 112 cm³/mol. The maximum Gasteiger partial charge on any atom is 0.250 e. The van der Waals surface area contributed by atoms with Gasteiger partial charge in [-0.25, -0.2) is 0 Å². The summed E-state index contributed by atoms with van der Waals surface area (Å²) in [5, 5.41) is 3.17. The fourth-order valence-electron chi connectivity index (χ4n) is 3.15. The minimum Gasteiger partial charge on any atom is -0.486 e. The SMILES string of the molecule is O=C(COC(c1ccccc1)c1ccccc1)Nc1cc2c(cc1Cl)OCCO2. The van der Waals surface area contributed by atoms with Crippen molar-refractivity contribution < 1.29 is 19.0 Å². The number of halogens is 1. The molecule has 0 saturated carbocycles. The highest BCUT2D eigenvalue weighted by Gasteiger charge is 2.19. The fraction of sp³-hybridized carbons (Fsp3) is 0.174. The van der Waals surface area contributed by atoms with Crippen LogP contribution in [0.3, 0.4) is 0 Å². The molecular formula is C23H20ClNO4. The van der Waals surface area contributed by atoms with E-state index in [1.165, 1.54) is 0 Å². The van der Waals surface area contributed by atoms with Gasteiger partial charge in [0.2, 0.25) is 5.91 Å². The summed E-state index contributed by atoms with van der Waals surface area (Å²) in [6.07, 6.45) is -0.348. The second-order valence-corrected chi connectivity index (χ2v) is 6.94. The van der Waals surface area contributed by atoms with Gasteiger partial charge in [-0.2, -0.15) is 0 Å². The van der Waals surface area contributed by atoms with Crippen LogP contribution >= 0.6 is 11.6 Å². The molecule has 6 heteroatoms. The molecule has 0 fully saturated rings. The number of amides is 1. The lowest BCUT2D eigenvalue weighted by Gasteiger charge is -2.21. The number of hydrogen-bond donors (Lipinski definition) is 1. The van der Waals surface area contributed by atoms with Crippen molar-refractivity contribution in [2.24, 2.45) is 0 Å². The van der Waals surface area contributed by atoms with E-state index in [4.69, 9.17) is 25.8 Å². The van der Waals surface area contributed by atoms with E-state index in [2.05, 4.69) is 5.32 Å². The number of benzene rings is 3. The quantitative estimate of drug-likeness (QED) is 0.632. The fourth-order valence-corrected chi connectivity index (χ4v) is 3.35. The molecule has 0 saturated heterocycles. The summed E-state index contributed by atoms with van der Waals surface area (Å²) in [6, 6.07) is 22.9. The van der Waals surface area contributed by atoms with Crippen LogP contribution in [0.2, 0.25) is 5.02 Å². The molecule has 3 aromatic carbocycles. The van der Waals surface area contributed by atoms with Gasteiger partial charge in [0, 0.05) is 12.1 Å². The van der Waals surface area contributed by atoms with Crippen molar-refractivity contribution in [2.75, 3.05) is 25.1 Å². The van der Waals surface area contributed by atoms with Crippen molar-refractivity contribution >= 4 is 23.2 Å². The van der Waals surface area contributed by atoms with Crippen molar-refractivity contribution in [3.63, 3.8) is 0 Å². The number of hydrogen-bond acceptors (Lipinski definition) is 4. The number of carbonyl (C=O) groups is 1. The molecule has 0 bridgehead atoms. The normalized spacial score (nSPS) is 12.6. The van der Waals surface area contributed by atoms with Crippen LogP contribution < -0.4 is 14.8 Å². The van der Waals surface area contributed by atoms with Crippen molar-refractivity contribution in [3.05, 3.63) is 88.9 Å². The molecule has 1 heterocycles. The van der Waals surface area contributed by atoms with Gasteiger partial charge in [0.05, 0.1) is 10.7 Å². The lowest BCUT2D eigenvalue weighted by Crippen LogP contribution is -2.21. The van der Waals surface area contributed by atoms with Gasteiger partial charge in [0.25, 0.3) is 0 Å². The molecule has 0 aromatic heterocycles. The van der Waals surface area contributed by atoms with Crippen molar-refractivity contribution in [1.82, 2.24) is 0 Å². The summed E-state index contributed by atoms with van der Waals surface area (Å²) in [6.45, 7) is 0.809. The molecule has 5 nitrogen and oxygen atoms in total. The summed E-state index contributed by atoms with van der Waals surface area (Å²) in [7, 11) is 0. The number of fused-ring (bicyclic) bond motifs is 1. The summed E-state index contributed by atoms with van der Waals surface area (Å²) in [5.41, 5.74) is 2.41. The Morgan fingerprint density at radius 2 is 1.48 bits per heavy atom. The van der Waals surface area contributed by atoms with E-state index in [0.29, 0.717) is 35.4 Å². The smallest absolute Gasteiger partial charge is 0.250 e. The highest BCUT2D eigenvalue weighted by Crippen LogP contribution is 2.38. The van der Waals surface area contributed by atoms with Crippen LogP contribution in [0.15, 0.2) is 72.8 Å². The van der Waals surface area contributed by atoms with Crippen LogP contribution in [0.4, 0.5) is 5.69 Å². The molecule has 3 aromatic rings. The molecule has 29 heavy (non-hydrogen) atoms. The molecule has 0 atom stereocenters. The molecule has 4 rings (SSSR count). The van der Waals surface area contributed by atoms with Gasteiger partial charge in [-0.1, -0.05) is 72.3 Å². The Balaban J connectivity index is 1.46. The highest BCUT2D eigenvalue weighted by molar-refractivity contribution is 6.34. The van der Waals surface area contributed by atoms with E-state index in [1.54, 1.807) is 12.1 Å². The van der Waals surface area contributed by atoms with Crippen LogP contribution in [-0.2, 0) is 9.53 Å². The maximum absolute atomic E-state index is 12.5. The van der Waals surface area contributed by atoms with E-state index < -0.39 is 0 Å². The Morgan fingerprint density at radius 1 is 0.931 bits per heavy atom. The maximum atomic E-state index is 12.5. The van der Waals surface area contributed by atoms with Gasteiger partial charge in [-0.15, -0.1) is 0 Å². The third kappa shape index (κ3) is 4.70. The zero-order valence-corrected chi connectivity index (χ0v) is 16.4. The minimum absolute atomic E-state index is 0.126. The van der Waals surface area contributed by atoms with Gasteiger partial charge in [0.15, 0.2) is 11.5 Å².